The monoisotopic (exact) mass is 404 g/mol. The van der Waals surface area contributed by atoms with Gasteiger partial charge in [0, 0.05) is 16.5 Å². The average molecular weight is 404 g/mol. The van der Waals surface area contributed by atoms with E-state index in [1.54, 1.807) is 11.8 Å². The fourth-order valence-corrected chi connectivity index (χ4v) is 5.47. The van der Waals surface area contributed by atoms with Crippen LogP contribution in [-0.4, -0.2) is 9.55 Å². The van der Waals surface area contributed by atoms with Gasteiger partial charge in [0.2, 0.25) is 0 Å². The van der Waals surface area contributed by atoms with Crippen molar-refractivity contribution in [2.24, 2.45) is 0 Å². The first-order valence-corrected chi connectivity index (χ1v) is 11.0. The molecule has 142 valence electrons. The molecule has 6 aromatic rings. The molecule has 0 saturated carbocycles. The molecule has 0 radical (unpaired) electrons. The molecule has 1 aliphatic heterocycles. The highest BCUT2D eigenvalue weighted by Gasteiger charge is 2.21. The number of aromatic nitrogens is 2. The molecular weight excluding hydrogens is 388 g/mol. The first-order chi connectivity index (χ1) is 14.8. The highest BCUT2D eigenvalue weighted by atomic mass is 32.2. The number of furan rings is 1. The van der Waals surface area contributed by atoms with Crippen LogP contribution in [0.2, 0.25) is 0 Å². The van der Waals surface area contributed by atoms with Gasteiger partial charge < -0.3 is 4.42 Å². The Labute approximate surface area is 177 Å². The summed E-state index contributed by atoms with van der Waals surface area (Å²) in [6, 6.07) is 29.9. The lowest BCUT2D eigenvalue weighted by molar-refractivity contribution is 0.669. The molecule has 3 heterocycles. The number of hydrogen-bond donors (Lipinski definition) is 0. The molecule has 0 saturated heterocycles. The minimum Gasteiger partial charge on any atom is -0.456 e. The van der Waals surface area contributed by atoms with E-state index in [9.17, 15) is 0 Å². The Balaban J connectivity index is 1.45. The number of imidazole rings is 1. The first kappa shape index (κ1) is 16.3. The molecular formula is C26H16N2OS. The topological polar surface area (TPSA) is 31.0 Å². The third-order valence-electron chi connectivity index (χ3n) is 5.92. The summed E-state index contributed by atoms with van der Waals surface area (Å²) in [5, 5.41) is 3.38. The van der Waals surface area contributed by atoms with Gasteiger partial charge in [-0.2, -0.15) is 0 Å². The normalized spacial score (nSPS) is 13.1. The predicted octanol–water partition coefficient (Wildman–Crippen LogP) is 7.20. The minimum atomic E-state index is 0.928. The second kappa shape index (κ2) is 6.00. The summed E-state index contributed by atoms with van der Waals surface area (Å²) < 4.78 is 8.30. The van der Waals surface area contributed by atoms with E-state index in [0.29, 0.717) is 0 Å². The number of para-hydroxylation sites is 3. The van der Waals surface area contributed by atoms with Crippen molar-refractivity contribution >= 4 is 44.7 Å². The van der Waals surface area contributed by atoms with Crippen molar-refractivity contribution in [2.45, 2.75) is 10.9 Å². The van der Waals surface area contributed by atoms with Crippen molar-refractivity contribution in [2.75, 3.05) is 0 Å². The Kier molecular flexibility index (Phi) is 3.26. The van der Waals surface area contributed by atoms with Gasteiger partial charge in [-0.1, -0.05) is 60.3 Å². The van der Waals surface area contributed by atoms with Gasteiger partial charge in [-0.3, -0.25) is 4.57 Å². The van der Waals surface area contributed by atoms with E-state index >= 15 is 0 Å². The summed E-state index contributed by atoms with van der Waals surface area (Å²) in [4.78, 5) is 4.84. The molecule has 0 amide bonds. The smallest absolute Gasteiger partial charge is 0.174 e. The van der Waals surface area contributed by atoms with Crippen molar-refractivity contribution in [1.82, 2.24) is 9.55 Å². The van der Waals surface area contributed by atoms with Gasteiger partial charge in [0.05, 0.1) is 16.7 Å². The van der Waals surface area contributed by atoms with Crippen LogP contribution in [0.4, 0.5) is 0 Å². The van der Waals surface area contributed by atoms with Crippen molar-refractivity contribution in [3.05, 3.63) is 90.5 Å². The van der Waals surface area contributed by atoms with Crippen LogP contribution in [-0.2, 0) is 5.75 Å². The zero-order chi connectivity index (χ0) is 19.7. The molecule has 4 heteroatoms. The number of fused-ring (bicyclic) bond motifs is 8. The highest BCUT2D eigenvalue weighted by Crippen LogP contribution is 2.39. The molecule has 1 aliphatic rings. The summed E-state index contributed by atoms with van der Waals surface area (Å²) in [5.41, 5.74) is 9.04. The molecule has 2 aromatic heterocycles. The average Bonchev–Trinajstić information content (AvgIpc) is 3.36. The molecule has 3 nitrogen and oxygen atoms in total. The molecule has 0 N–H and O–H groups in total. The van der Waals surface area contributed by atoms with Crippen LogP contribution in [0.15, 0.2) is 94.5 Å². The van der Waals surface area contributed by atoms with E-state index in [2.05, 4.69) is 71.3 Å². The van der Waals surface area contributed by atoms with Gasteiger partial charge in [0.25, 0.3) is 0 Å². The minimum absolute atomic E-state index is 0.928. The van der Waals surface area contributed by atoms with Crippen LogP contribution in [0.1, 0.15) is 5.56 Å². The molecule has 0 spiro atoms. The predicted molar refractivity (Wildman–Crippen MR) is 123 cm³/mol. The highest BCUT2D eigenvalue weighted by molar-refractivity contribution is 7.98. The molecule has 0 atom stereocenters. The van der Waals surface area contributed by atoms with Crippen LogP contribution in [0, 0.1) is 0 Å². The van der Waals surface area contributed by atoms with E-state index in [0.717, 1.165) is 43.9 Å². The second-order valence-electron chi connectivity index (χ2n) is 7.66. The van der Waals surface area contributed by atoms with Crippen LogP contribution in [0.25, 0.3) is 49.8 Å². The molecule has 30 heavy (non-hydrogen) atoms. The zero-order valence-electron chi connectivity index (χ0n) is 16.0. The third-order valence-corrected chi connectivity index (χ3v) is 6.91. The molecule has 0 aliphatic carbocycles. The Bertz CT molecular complexity index is 1610. The van der Waals surface area contributed by atoms with Gasteiger partial charge in [0.15, 0.2) is 5.16 Å². The molecule has 0 unspecified atom stereocenters. The quantitative estimate of drug-likeness (QED) is 0.290. The van der Waals surface area contributed by atoms with Crippen molar-refractivity contribution in [3.63, 3.8) is 0 Å². The number of rotatable bonds is 1. The number of benzene rings is 4. The van der Waals surface area contributed by atoms with Crippen LogP contribution in [0.5, 0.6) is 0 Å². The van der Waals surface area contributed by atoms with Gasteiger partial charge in [-0.15, -0.1) is 0 Å². The van der Waals surface area contributed by atoms with E-state index < -0.39 is 0 Å². The Morgan fingerprint density at radius 3 is 2.57 bits per heavy atom. The number of thioether (sulfide) groups is 1. The second-order valence-corrected chi connectivity index (χ2v) is 8.60. The fourth-order valence-electron chi connectivity index (χ4n) is 4.46. The number of nitrogens with zero attached hydrogens (tertiary/aromatic N) is 2. The number of hydrogen-bond acceptors (Lipinski definition) is 3. The maximum atomic E-state index is 6.00. The van der Waals surface area contributed by atoms with E-state index in [4.69, 9.17) is 9.40 Å². The lowest BCUT2D eigenvalue weighted by Crippen LogP contribution is -2.06. The standard InChI is InChI=1S/C26H16N2OS/c1-4-8-24-19(5-1)20-13-16(11-12-25(20)29-24)17-9-10-18-15-30-26-27-21-6-2-3-7-22(21)28(26)23(18)14-17/h1-14H,15H2. The van der Waals surface area contributed by atoms with E-state index in [1.807, 2.05) is 18.2 Å². The Morgan fingerprint density at radius 1 is 0.767 bits per heavy atom. The van der Waals surface area contributed by atoms with E-state index in [1.165, 1.54) is 22.4 Å². The summed E-state index contributed by atoms with van der Waals surface area (Å²) in [7, 11) is 0. The largest absolute Gasteiger partial charge is 0.456 e. The van der Waals surface area contributed by atoms with Crippen molar-refractivity contribution < 1.29 is 4.42 Å². The van der Waals surface area contributed by atoms with Gasteiger partial charge in [-0.25, -0.2) is 4.98 Å². The van der Waals surface area contributed by atoms with Crippen molar-refractivity contribution in [1.29, 1.82) is 0 Å². The molecule has 0 bridgehead atoms. The van der Waals surface area contributed by atoms with Crippen LogP contribution >= 0.6 is 11.8 Å². The first-order valence-electron chi connectivity index (χ1n) is 10.0. The third kappa shape index (κ3) is 2.25. The maximum absolute atomic E-state index is 6.00. The Morgan fingerprint density at radius 2 is 1.57 bits per heavy atom. The van der Waals surface area contributed by atoms with E-state index in [-0.39, 0.29) is 0 Å². The SMILES string of the molecule is c1ccc2c(c1)nc1n2-c2cc(-c3ccc4oc5ccccc5c4c3)ccc2CS1. The molecule has 0 fully saturated rings. The lowest BCUT2D eigenvalue weighted by atomic mass is 10.0. The van der Waals surface area contributed by atoms with Crippen LogP contribution < -0.4 is 0 Å². The maximum Gasteiger partial charge on any atom is 0.174 e. The molecule has 7 rings (SSSR count). The summed E-state index contributed by atoms with van der Waals surface area (Å²) in [6.07, 6.45) is 0. The van der Waals surface area contributed by atoms with Gasteiger partial charge in [0.1, 0.15) is 11.2 Å². The van der Waals surface area contributed by atoms with Crippen LogP contribution in [0.3, 0.4) is 0 Å². The molecule has 4 aromatic carbocycles. The van der Waals surface area contributed by atoms with Crippen molar-refractivity contribution in [3.8, 4) is 16.8 Å². The summed E-state index contributed by atoms with van der Waals surface area (Å²) in [5.74, 6) is 0.949. The summed E-state index contributed by atoms with van der Waals surface area (Å²) in [6.45, 7) is 0. The Hall–Kier alpha value is -3.50. The van der Waals surface area contributed by atoms with Gasteiger partial charge >= 0.3 is 0 Å². The lowest BCUT2D eigenvalue weighted by Gasteiger charge is -2.20. The summed E-state index contributed by atoms with van der Waals surface area (Å²) >= 11 is 1.80. The van der Waals surface area contributed by atoms with Gasteiger partial charge in [-0.05, 0) is 53.1 Å². The zero-order valence-corrected chi connectivity index (χ0v) is 16.8. The fraction of sp³-hybridized carbons (Fsp3) is 0.0385.